The first kappa shape index (κ1) is 12.8. The van der Waals surface area contributed by atoms with Crippen molar-refractivity contribution in [2.45, 2.75) is 31.9 Å². The minimum atomic E-state index is -0.220. The maximum Gasteiger partial charge on any atom is 0.249 e. The summed E-state index contributed by atoms with van der Waals surface area (Å²) in [6.07, 6.45) is 1.63. The fourth-order valence-electron chi connectivity index (χ4n) is 2.34. The van der Waals surface area contributed by atoms with E-state index in [0.717, 1.165) is 52.3 Å². The fourth-order valence-corrected chi connectivity index (χ4v) is 2.34. The Morgan fingerprint density at radius 3 is 2.82 bits per heavy atom. The second-order valence-electron chi connectivity index (χ2n) is 4.82. The molecule has 0 unspecified atom stereocenters. The van der Waals surface area contributed by atoms with Crippen LogP contribution in [0, 0.1) is 0 Å². The highest BCUT2D eigenvalue weighted by atomic mass is 16.5. The average molecular weight is 242 g/mol. The van der Waals surface area contributed by atoms with Gasteiger partial charge in [0, 0.05) is 32.3 Å². The van der Waals surface area contributed by atoms with E-state index in [2.05, 4.69) is 10.2 Å². The van der Waals surface area contributed by atoms with E-state index in [1.54, 1.807) is 0 Å². The molecule has 98 valence electrons. The normalized spacial score (nSPS) is 27.9. The van der Waals surface area contributed by atoms with Crippen LogP contribution in [0.15, 0.2) is 0 Å². The zero-order chi connectivity index (χ0) is 12.1. The van der Waals surface area contributed by atoms with Crippen molar-refractivity contribution in [3.63, 3.8) is 0 Å². The van der Waals surface area contributed by atoms with Gasteiger partial charge in [0.05, 0.1) is 13.2 Å². The fraction of sp³-hybridized carbons (Fsp3) is 0.917. The van der Waals surface area contributed by atoms with E-state index < -0.39 is 0 Å². The number of nitrogens with one attached hydrogen (secondary N) is 1. The Hall–Kier alpha value is -0.650. The molecule has 2 aliphatic rings. The number of ether oxygens (including phenoxy) is 2. The summed E-state index contributed by atoms with van der Waals surface area (Å²) in [4.78, 5) is 14.1. The third kappa shape index (κ3) is 3.94. The Bertz CT molecular complexity index is 248. The molecule has 0 radical (unpaired) electrons. The molecule has 2 rings (SSSR count). The van der Waals surface area contributed by atoms with Crippen LogP contribution in [-0.4, -0.2) is 62.4 Å². The Morgan fingerprint density at radius 1 is 1.41 bits per heavy atom. The summed E-state index contributed by atoms with van der Waals surface area (Å²) >= 11 is 0. The number of carbonyl (C=O) groups is 1. The highest BCUT2D eigenvalue weighted by Gasteiger charge is 2.25. The molecule has 1 N–H and O–H groups in total. The molecule has 1 amide bonds. The third-order valence-electron chi connectivity index (χ3n) is 3.25. The summed E-state index contributed by atoms with van der Waals surface area (Å²) in [6, 6.07) is 0.171. The minimum absolute atomic E-state index is 0.0447. The molecule has 17 heavy (non-hydrogen) atoms. The molecule has 2 heterocycles. The van der Waals surface area contributed by atoms with Gasteiger partial charge in [-0.3, -0.25) is 9.69 Å². The Kier molecular flexibility index (Phi) is 4.76. The molecule has 2 aliphatic heterocycles. The second kappa shape index (κ2) is 6.33. The predicted octanol–water partition coefficient (Wildman–Crippen LogP) is 0.00230. The summed E-state index contributed by atoms with van der Waals surface area (Å²) in [7, 11) is 0. The van der Waals surface area contributed by atoms with Crippen molar-refractivity contribution in [3.05, 3.63) is 0 Å². The van der Waals surface area contributed by atoms with Gasteiger partial charge in [0.15, 0.2) is 0 Å². The quantitative estimate of drug-likeness (QED) is 0.754. The van der Waals surface area contributed by atoms with Crippen molar-refractivity contribution in [2.24, 2.45) is 0 Å². The van der Waals surface area contributed by atoms with Crippen LogP contribution in [-0.2, 0) is 14.3 Å². The van der Waals surface area contributed by atoms with Crippen molar-refractivity contribution in [3.8, 4) is 0 Å². The van der Waals surface area contributed by atoms with Crippen LogP contribution in [0.3, 0.4) is 0 Å². The molecule has 5 heteroatoms. The molecule has 0 aromatic rings. The zero-order valence-electron chi connectivity index (χ0n) is 10.5. The maximum atomic E-state index is 11.8. The molecule has 5 nitrogen and oxygen atoms in total. The molecule has 2 atom stereocenters. The number of hydrogen-bond acceptors (Lipinski definition) is 4. The first-order valence-corrected chi connectivity index (χ1v) is 6.48. The summed E-state index contributed by atoms with van der Waals surface area (Å²) in [5.41, 5.74) is 0. The third-order valence-corrected chi connectivity index (χ3v) is 3.25. The zero-order valence-corrected chi connectivity index (χ0v) is 10.5. The maximum absolute atomic E-state index is 11.8. The molecule has 0 saturated carbocycles. The lowest BCUT2D eigenvalue weighted by Gasteiger charge is -2.29. The van der Waals surface area contributed by atoms with Crippen LogP contribution >= 0.6 is 0 Å². The lowest BCUT2D eigenvalue weighted by molar-refractivity contribution is -0.130. The molecular formula is C12H22N2O3. The number of carbonyl (C=O) groups excluding carboxylic acids is 1. The van der Waals surface area contributed by atoms with Gasteiger partial charge in [-0.25, -0.2) is 0 Å². The number of amides is 1. The van der Waals surface area contributed by atoms with Crippen LogP contribution in [0.1, 0.15) is 19.8 Å². The van der Waals surface area contributed by atoms with Crippen molar-refractivity contribution >= 4 is 5.91 Å². The van der Waals surface area contributed by atoms with Gasteiger partial charge >= 0.3 is 0 Å². The van der Waals surface area contributed by atoms with Gasteiger partial charge in [-0.1, -0.05) is 0 Å². The van der Waals surface area contributed by atoms with Crippen LogP contribution in [0.2, 0.25) is 0 Å². The highest BCUT2D eigenvalue weighted by molar-refractivity contribution is 5.81. The smallest absolute Gasteiger partial charge is 0.249 e. The van der Waals surface area contributed by atoms with Crippen molar-refractivity contribution in [1.82, 2.24) is 10.2 Å². The Labute approximate surface area is 102 Å². The minimum Gasteiger partial charge on any atom is -0.379 e. The van der Waals surface area contributed by atoms with E-state index >= 15 is 0 Å². The lowest BCUT2D eigenvalue weighted by Crippen LogP contribution is -2.48. The van der Waals surface area contributed by atoms with Gasteiger partial charge in [-0.05, 0) is 19.8 Å². The van der Waals surface area contributed by atoms with Crippen LogP contribution in [0.25, 0.3) is 0 Å². The van der Waals surface area contributed by atoms with E-state index in [0.29, 0.717) is 0 Å². The molecule has 2 saturated heterocycles. The molecular weight excluding hydrogens is 220 g/mol. The van der Waals surface area contributed by atoms with Crippen LogP contribution in [0.4, 0.5) is 0 Å². The van der Waals surface area contributed by atoms with Gasteiger partial charge in [0.25, 0.3) is 0 Å². The number of morpholine rings is 1. The summed E-state index contributed by atoms with van der Waals surface area (Å²) in [5, 5.41) is 3.02. The van der Waals surface area contributed by atoms with Crippen molar-refractivity contribution in [2.75, 3.05) is 39.5 Å². The summed E-state index contributed by atoms with van der Waals surface area (Å²) < 4.78 is 10.7. The molecule has 0 aromatic heterocycles. The summed E-state index contributed by atoms with van der Waals surface area (Å²) in [5.74, 6) is 0.0447. The lowest BCUT2D eigenvalue weighted by atomic mass is 10.2. The number of rotatable bonds is 4. The Balaban J connectivity index is 1.68. The van der Waals surface area contributed by atoms with Crippen LogP contribution < -0.4 is 5.32 Å². The van der Waals surface area contributed by atoms with E-state index in [-0.39, 0.29) is 18.1 Å². The number of nitrogens with zero attached hydrogens (tertiary/aromatic N) is 1. The largest absolute Gasteiger partial charge is 0.379 e. The van der Waals surface area contributed by atoms with Gasteiger partial charge in [0.2, 0.25) is 5.91 Å². The topological polar surface area (TPSA) is 50.8 Å². The van der Waals surface area contributed by atoms with Crippen molar-refractivity contribution in [1.29, 1.82) is 0 Å². The molecule has 0 aromatic carbocycles. The monoisotopic (exact) mass is 242 g/mol. The van der Waals surface area contributed by atoms with E-state index in [4.69, 9.17) is 9.47 Å². The standard InChI is InChI=1S/C12H22N2O3/c1-10(9-14-4-7-16-8-5-14)13-12(15)11-3-2-6-17-11/h10-11H,2-9H2,1H3,(H,13,15)/t10-,11-/m1/s1. The van der Waals surface area contributed by atoms with Gasteiger partial charge in [0.1, 0.15) is 6.10 Å². The first-order chi connectivity index (χ1) is 8.25. The predicted molar refractivity (Wildman–Crippen MR) is 63.8 cm³/mol. The number of hydrogen-bond donors (Lipinski definition) is 1. The molecule has 0 bridgehead atoms. The van der Waals surface area contributed by atoms with E-state index in [1.807, 2.05) is 6.92 Å². The van der Waals surface area contributed by atoms with Gasteiger partial charge < -0.3 is 14.8 Å². The van der Waals surface area contributed by atoms with Gasteiger partial charge in [-0.15, -0.1) is 0 Å². The first-order valence-electron chi connectivity index (χ1n) is 6.48. The van der Waals surface area contributed by atoms with Crippen LogP contribution in [0.5, 0.6) is 0 Å². The molecule has 0 aliphatic carbocycles. The van der Waals surface area contributed by atoms with E-state index in [9.17, 15) is 4.79 Å². The van der Waals surface area contributed by atoms with Gasteiger partial charge in [-0.2, -0.15) is 0 Å². The van der Waals surface area contributed by atoms with E-state index in [1.165, 1.54) is 0 Å². The van der Waals surface area contributed by atoms with Crippen molar-refractivity contribution < 1.29 is 14.3 Å². The molecule has 2 fully saturated rings. The Morgan fingerprint density at radius 2 is 2.18 bits per heavy atom. The highest BCUT2D eigenvalue weighted by Crippen LogP contribution is 2.12. The second-order valence-corrected chi connectivity index (χ2v) is 4.82. The summed E-state index contributed by atoms with van der Waals surface area (Å²) in [6.45, 7) is 7.17. The SMILES string of the molecule is C[C@H](CN1CCOCC1)NC(=O)[C@H]1CCCO1. The average Bonchev–Trinajstić information content (AvgIpc) is 2.83. The molecule has 0 spiro atoms.